The molecule has 0 fully saturated rings. The van der Waals surface area contributed by atoms with Gasteiger partial charge in [0, 0.05) is 29.6 Å². The van der Waals surface area contributed by atoms with Crippen molar-refractivity contribution < 1.29 is 14.3 Å². The van der Waals surface area contributed by atoms with E-state index >= 15 is 0 Å². The van der Waals surface area contributed by atoms with Crippen LogP contribution in [0.25, 0.3) is 28.0 Å². The van der Waals surface area contributed by atoms with Crippen LogP contribution in [0.15, 0.2) is 79.0 Å². The van der Waals surface area contributed by atoms with Gasteiger partial charge in [0.05, 0.1) is 19.4 Å². The van der Waals surface area contributed by atoms with Crippen LogP contribution in [0, 0.1) is 6.92 Å². The monoisotopic (exact) mass is 519 g/mol. The fourth-order valence-corrected chi connectivity index (χ4v) is 5.62. The first-order chi connectivity index (χ1) is 19.1. The summed E-state index contributed by atoms with van der Waals surface area (Å²) in [5, 5.41) is 3.16. The molecule has 6 nitrogen and oxygen atoms in total. The van der Waals surface area contributed by atoms with Crippen LogP contribution in [-0.2, 0) is 13.0 Å². The summed E-state index contributed by atoms with van der Waals surface area (Å²) in [6.07, 6.45) is 5.18. The Balaban J connectivity index is 1.55. The van der Waals surface area contributed by atoms with Gasteiger partial charge >= 0.3 is 0 Å². The topological polar surface area (TPSA) is 56.9 Å². The average molecular weight is 520 g/mol. The normalized spacial score (nSPS) is 12.8. The van der Waals surface area contributed by atoms with Gasteiger partial charge in [-0.3, -0.25) is 9.20 Å². The third-order valence-electron chi connectivity index (χ3n) is 7.50. The van der Waals surface area contributed by atoms with E-state index in [-0.39, 0.29) is 5.91 Å². The Hall–Kier alpha value is -4.45. The van der Waals surface area contributed by atoms with Gasteiger partial charge in [-0.25, -0.2) is 0 Å². The fourth-order valence-electron chi connectivity index (χ4n) is 5.62. The fraction of sp³-hybridized carbons (Fsp3) is 0.242. The molecule has 39 heavy (non-hydrogen) atoms. The van der Waals surface area contributed by atoms with Gasteiger partial charge in [-0.2, -0.15) is 0 Å². The number of methoxy groups -OCH3 is 1. The minimum Gasteiger partial charge on any atom is -0.497 e. The number of aryl methyl sites for hydroxylation is 3. The van der Waals surface area contributed by atoms with Crippen molar-refractivity contribution in [1.29, 1.82) is 0 Å². The van der Waals surface area contributed by atoms with Crippen molar-refractivity contribution in [2.75, 3.05) is 19.0 Å². The minimum atomic E-state index is -0.123. The maximum Gasteiger partial charge on any atom is 0.273 e. The molecule has 3 aromatic carbocycles. The van der Waals surface area contributed by atoms with Crippen molar-refractivity contribution in [3.05, 3.63) is 95.8 Å². The molecule has 6 rings (SSSR count). The van der Waals surface area contributed by atoms with E-state index < -0.39 is 0 Å². The van der Waals surface area contributed by atoms with Crippen molar-refractivity contribution in [2.24, 2.45) is 0 Å². The second kappa shape index (κ2) is 10.4. The van der Waals surface area contributed by atoms with E-state index in [0.717, 1.165) is 76.6 Å². The molecule has 0 aliphatic carbocycles. The zero-order valence-corrected chi connectivity index (χ0v) is 22.7. The molecular formula is C33H33N3O3. The lowest BCUT2D eigenvalue weighted by Crippen LogP contribution is -2.15. The molecule has 1 N–H and O–H groups in total. The summed E-state index contributed by atoms with van der Waals surface area (Å²) in [5.41, 5.74) is 9.09. The molecule has 0 atom stereocenters. The van der Waals surface area contributed by atoms with Gasteiger partial charge in [-0.15, -0.1) is 0 Å². The van der Waals surface area contributed by atoms with Crippen molar-refractivity contribution in [1.82, 2.24) is 8.97 Å². The Labute approximate surface area is 228 Å². The molecule has 1 aliphatic rings. The van der Waals surface area contributed by atoms with Crippen LogP contribution in [0.5, 0.6) is 11.5 Å². The van der Waals surface area contributed by atoms with Crippen molar-refractivity contribution in [2.45, 2.75) is 39.7 Å². The second-order valence-electron chi connectivity index (χ2n) is 10.0. The first-order valence-electron chi connectivity index (χ1n) is 13.6. The maximum absolute atomic E-state index is 14.1. The van der Waals surface area contributed by atoms with E-state index in [9.17, 15) is 4.79 Å². The van der Waals surface area contributed by atoms with Crippen LogP contribution >= 0.6 is 0 Å². The lowest BCUT2D eigenvalue weighted by Gasteiger charge is -2.11. The zero-order valence-electron chi connectivity index (χ0n) is 22.7. The smallest absolute Gasteiger partial charge is 0.273 e. The van der Waals surface area contributed by atoms with Gasteiger partial charge in [0.2, 0.25) is 0 Å². The molecule has 0 saturated carbocycles. The van der Waals surface area contributed by atoms with Crippen LogP contribution in [0.3, 0.4) is 0 Å². The summed E-state index contributed by atoms with van der Waals surface area (Å²) in [5.74, 6) is 1.53. The van der Waals surface area contributed by atoms with Crippen LogP contribution in [0.1, 0.15) is 41.4 Å². The summed E-state index contributed by atoms with van der Waals surface area (Å²) in [6, 6.07) is 24.2. The molecule has 5 aromatic rings. The van der Waals surface area contributed by atoms with Gasteiger partial charge in [0.15, 0.2) is 0 Å². The first kappa shape index (κ1) is 24.9. The molecule has 3 heterocycles. The Morgan fingerprint density at radius 3 is 2.28 bits per heavy atom. The highest BCUT2D eigenvalue weighted by molar-refractivity contribution is 6.10. The number of benzene rings is 3. The lowest BCUT2D eigenvalue weighted by atomic mass is 9.97. The molecule has 0 saturated heterocycles. The van der Waals surface area contributed by atoms with Gasteiger partial charge in [-0.1, -0.05) is 29.8 Å². The number of nitrogens with zero attached hydrogens (tertiary/aromatic N) is 2. The standard InChI is InChI=1S/C33H33N3O3/c1-4-39-27-18-10-23(11-19-27)29-21-36-31(32(37)34-25-14-8-22(2)9-15-25)30(24-12-16-26(38-3)17-13-24)28-7-5-6-20-35(29)33(28)36/h8-19,21H,4-7,20H2,1-3H3,(H,34,37). The van der Waals surface area contributed by atoms with Crippen LogP contribution in [0.2, 0.25) is 0 Å². The largest absolute Gasteiger partial charge is 0.497 e. The lowest BCUT2D eigenvalue weighted by molar-refractivity contribution is 0.102. The Morgan fingerprint density at radius 2 is 1.59 bits per heavy atom. The third kappa shape index (κ3) is 4.56. The summed E-state index contributed by atoms with van der Waals surface area (Å²) in [4.78, 5) is 14.1. The third-order valence-corrected chi connectivity index (χ3v) is 7.50. The highest BCUT2D eigenvalue weighted by atomic mass is 16.5. The molecule has 198 valence electrons. The number of carbonyl (C=O) groups is 1. The first-order valence-corrected chi connectivity index (χ1v) is 13.6. The van der Waals surface area contributed by atoms with Crippen LogP contribution < -0.4 is 14.8 Å². The molecule has 0 bridgehead atoms. The van der Waals surface area contributed by atoms with Gasteiger partial charge in [0.1, 0.15) is 22.8 Å². The second-order valence-corrected chi connectivity index (χ2v) is 10.0. The van der Waals surface area contributed by atoms with E-state index in [1.54, 1.807) is 7.11 Å². The Bertz CT molecular complexity index is 1630. The zero-order chi connectivity index (χ0) is 26.9. The highest BCUT2D eigenvalue weighted by Gasteiger charge is 2.29. The summed E-state index contributed by atoms with van der Waals surface area (Å²) in [6.45, 7) is 5.57. The van der Waals surface area contributed by atoms with Gasteiger partial charge < -0.3 is 19.4 Å². The van der Waals surface area contributed by atoms with Crippen molar-refractivity contribution >= 4 is 17.2 Å². The van der Waals surface area contributed by atoms with Gasteiger partial charge in [0.25, 0.3) is 5.91 Å². The van der Waals surface area contributed by atoms with Crippen molar-refractivity contribution in [3.63, 3.8) is 0 Å². The molecule has 2 aromatic heterocycles. The van der Waals surface area contributed by atoms with E-state index in [4.69, 9.17) is 9.47 Å². The maximum atomic E-state index is 14.1. The highest BCUT2D eigenvalue weighted by Crippen LogP contribution is 2.40. The SMILES string of the molecule is CCOc1ccc(-c2cn3c(C(=O)Nc4ccc(C)cc4)c(-c4ccc(OC)cc4)c4c3n2CCCC4)cc1. The number of carbonyl (C=O) groups excluding carboxylic acids is 1. The molecule has 0 unspecified atom stereocenters. The summed E-state index contributed by atoms with van der Waals surface area (Å²) in [7, 11) is 1.67. The number of hydrogen-bond acceptors (Lipinski definition) is 3. The van der Waals surface area contributed by atoms with E-state index in [0.29, 0.717) is 12.3 Å². The van der Waals surface area contributed by atoms with E-state index in [1.165, 1.54) is 5.56 Å². The number of ether oxygens (including phenoxy) is 2. The molecule has 0 radical (unpaired) electrons. The predicted molar refractivity (Wildman–Crippen MR) is 156 cm³/mol. The average Bonchev–Trinajstić information content (AvgIpc) is 3.38. The Kier molecular flexibility index (Phi) is 6.61. The van der Waals surface area contributed by atoms with E-state index in [1.807, 2.05) is 62.4 Å². The Morgan fingerprint density at radius 1 is 0.897 bits per heavy atom. The van der Waals surface area contributed by atoms with Gasteiger partial charge in [-0.05, 0) is 92.8 Å². The number of rotatable bonds is 7. The van der Waals surface area contributed by atoms with E-state index in [2.05, 4.69) is 44.7 Å². The van der Waals surface area contributed by atoms with Crippen LogP contribution in [0.4, 0.5) is 5.69 Å². The minimum absolute atomic E-state index is 0.123. The number of nitrogens with one attached hydrogen (secondary N) is 1. The number of amides is 1. The molecular weight excluding hydrogens is 486 g/mol. The molecule has 6 heteroatoms. The number of aromatic nitrogens is 2. The van der Waals surface area contributed by atoms with Crippen LogP contribution in [-0.4, -0.2) is 28.6 Å². The number of hydrogen-bond donors (Lipinski definition) is 1. The summed E-state index contributed by atoms with van der Waals surface area (Å²) < 4.78 is 15.6. The predicted octanol–water partition coefficient (Wildman–Crippen LogP) is 7.38. The molecule has 1 aliphatic heterocycles. The number of imidazole rings is 1. The van der Waals surface area contributed by atoms with Crippen molar-refractivity contribution in [3.8, 4) is 33.9 Å². The molecule has 0 spiro atoms. The quantitative estimate of drug-likeness (QED) is 0.244. The molecule has 1 amide bonds. The summed E-state index contributed by atoms with van der Waals surface area (Å²) >= 11 is 0. The number of anilines is 1.